The van der Waals surface area contributed by atoms with Gasteiger partial charge in [-0.1, -0.05) is 11.3 Å². The Hall–Kier alpha value is -0.760. The second-order valence-corrected chi connectivity index (χ2v) is 3.63. The predicted molar refractivity (Wildman–Crippen MR) is 58.4 cm³/mol. The Balaban J connectivity index is 0.00000112. The number of carbonyl (C=O) groups is 1. The minimum atomic E-state index is -0.423. The second-order valence-electron chi connectivity index (χ2n) is 2.80. The lowest BCUT2D eigenvalue weighted by Crippen LogP contribution is -2.45. The van der Waals surface area contributed by atoms with Gasteiger partial charge >= 0.3 is 0 Å². The molecule has 0 aliphatic carbocycles. The van der Waals surface area contributed by atoms with Crippen molar-refractivity contribution in [1.29, 1.82) is 0 Å². The third-order valence-electron chi connectivity index (χ3n) is 1.81. The summed E-state index contributed by atoms with van der Waals surface area (Å²) in [7, 11) is 0. The molecule has 8 heteroatoms. The summed E-state index contributed by atoms with van der Waals surface area (Å²) in [6, 6.07) is 0. The first-order chi connectivity index (χ1) is 6.86. The van der Waals surface area contributed by atoms with Gasteiger partial charge in [-0.3, -0.25) is 10.1 Å². The predicted octanol–water partition coefficient (Wildman–Crippen LogP) is -0.113. The zero-order valence-corrected chi connectivity index (χ0v) is 9.44. The molecule has 1 aromatic rings. The zero-order chi connectivity index (χ0) is 9.80. The van der Waals surface area contributed by atoms with E-state index in [1.165, 1.54) is 11.3 Å². The molecule has 0 bridgehead atoms. The molecule has 1 aliphatic rings. The topological polar surface area (TPSA) is 76.1 Å². The molecule has 1 aromatic heterocycles. The Labute approximate surface area is 96.8 Å². The molecular weight excluding hydrogens is 240 g/mol. The Morgan fingerprint density at radius 2 is 2.60 bits per heavy atom. The monoisotopic (exact) mass is 250 g/mol. The van der Waals surface area contributed by atoms with Crippen molar-refractivity contribution in [2.24, 2.45) is 0 Å². The van der Waals surface area contributed by atoms with Gasteiger partial charge in [-0.25, -0.2) is 0 Å². The molecule has 15 heavy (non-hydrogen) atoms. The van der Waals surface area contributed by atoms with E-state index in [1.807, 2.05) is 0 Å². The molecule has 1 saturated heterocycles. The van der Waals surface area contributed by atoms with Crippen molar-refractivity contribution in [3.63, 3.8) is 0 Å². The molecular formula is C7H11ClN4O2S. The van der Waals surface area contributed by atoms with Crippen molar-refractivity contribution in [2.45, 2.75) is 6.10 Å². The van der Waals surface area contributed by atoms with E-state index in [2.05, 4.69) is 20.8 Å². The Kier molecular flexibility index (Phi) is 4.89. The van der Waals surface area contributed by atoms with Gasteiger partial charge in [0.15, 0.2) is 0 Å². The lowest BCUT2D eigenvalue weighted by Gasteiger charge is -2.21. The summed E-state index contributed by atoms with van der Waals surface area (Å²) in [4.78, 5) is 11.5. The molecule has 0 unspecified atom stereocenters. The molecule has 84 valence electrons. The number of nitrogens with zero attached hydrogens (tertiary/aromatic N) is 2. The van der Waals surface area contributed by atoms with E-state index in [9.17, 15) is 4.79 Å². The van der Waals surface area contributed by atoms with Gasteiger partial charge in [-0.15, -0.1) is 22.6 Å². The quantitative estimate of drug-likeness (QED) is 0.766. The number of aromatic nitrogens is 2. The van der Waals surface area contributed by atoms with E-state index >= 15 is 0 Å². The van der Waals surface area contributed by atoms with Gasteiger partial charge in [0.2, 0.25) is 5.13 Å². The average Bonchev–Trinajstić information content (AvgIpc) is 2.72. The molecule has 1 atom stereocenters. The lowest BCUT2D eigenvalue weighted by atomic mass is 10.3. The lowest BCUT2D eigenvalue weighted by molar-refractivity contribution is -0.128. The molecule has 0 aromatic carbocycles. The van der Waals surface area contributed by atoms with Gasteiger partial charge in [0.25, 0.3) is 5.91 Å². The van der Waals surface area contributed by atoms with Crippen molar-refractivity contribution in [3.05, 3.63) is 5.51 Å². The average molecular weight is 251 g/mol. The molecule has 1 aliphatic heterocycles. The van der Waals surface area contributed by atoms with Crippen LogP contribution in [0.3, 0.4) is 0 Å². The highest BCUT2D eigenvalue weighted by Crippen LogP contribution is 2.09. The maximum absolute atomic E-state index is 11.5. The molecule has 0 radical (unpaired) electrons. The number of amides is 1. The summed E-state index contributed by atoms with van der Waals surface area (Å²) in [5.74, 6) is -0.172. The highest BCUT2D eigenvalue weighted by Gasteiger charge is 2.22. The Morgan fingerprint density at radius 3 is 3.20 bits per heavy atom. The van der Waals surface area contributed by atoms with E-state index in [0.717, 1.165) is 6.54 Å². The maximum Gasteiger partial charge on any atom is 0.256 e. The SMILES string of the molecule is Cl.O=C(Nc1nncs1)[C@@H]1CNCCO1. The molecule has 6 nitrogen and oxygen atoms in total. The number of halogens is 1. The number of hydrogen-bond donors (Lipinski definition) is 2. The van der Waals surface area contributed by atoms with Crippen molar-refractivity contribution >= 4 is 34.8 Å². The van der Waals surface area contributed by atoms with Gasteiger partial charge in [0.1, 0.15) is 11.6 Å². The molecule has 2 N–H and O–H groups in total. The van der Waals surface area contributed by atoms with Crippen molar-refractivity contribution in [1.82, 2.24) is 15.5 Å². The summed E-state index contributed by atoms with van der Waals surface area (Å²) in [6.45, 7) is 1.90. The van der Waals surface area contributed by atoms with Gasteiger partial charge in [-0.05, 0) is 0 Å². The summed E-state index contributed by atoms with van der Waals surface area (Å²) in [6.07, 6.45) is -0.423. The van der Waals surface area contributed by atoms with Crippen LogP contribution in [-0.4, -0.2) is 41.9 Å². The Morgan fingerprint density at radius 1 is 1.73 bits per heavy atom. The molecule has 0 spiro atoms. The largest absolute Gasteiger partial charge is 0.366 e. The second kappa shape index (κ2) is 5.96. The van der Waals surface area contributed by atoms with Crippen LogP contribution in [0.5, 0.6) is 0 Å². The summed E-state index contributed by atoms with van der Waals surface area (Å²) in [5, 5.41) is 13.5. The van der Waals surface area contributed by atoms with Crippen LogP contribution in [0, 0.1) is 0 Å². The first kappa shape index (κ1) is 12.3. The third kappa shape index (κ3) is 3.38. The van der Waals surface area contributed by atoms with E-state index in [-0.39, 0.29) is 18.3 Å². The minimum absolute atomic E-state index is 0. The molecule has 0 saturated carbocycles. The van der Waals surface area contributed by atoms with Crippen LogP contribution in [0.25, 0.3) is 0 Å². The van der Waals surface area contributed by atoms with Crippen molar-refractivity contribution < 1.29 is 9.53 Å². The fourth-order valence-corrected chi connectivity index (χ4v) is 1.60. The van der Waals surface area contributed by atoms with Crippen LogP contribution in [0.2, 0.25) is 0 Å². The standard InChI is InChI=1S/C7H10N4O2S.ClH/c12-6(5-3-8-1-2-13-5)10-7-11-9-4-14-7;/h4-5,8H,1-3H2,(H,10,11,12);1H/t5-;/m0./s1. The van der Waals surface area contributed by atoms with Gasteiger partial charge in [-0.2, -0.15) is 0 Å². The summed E-state index contributed by atoms with van der Waals surface area (Å²) < 4.78 is 5.27. The van der Waals surface area contributed by atoms with Crippen LogP contribution >= 0.6 is 23.7 Å². The minimum Gasteiger partial charge on any atom is -0.366 e. The number of anilines is 1. The van der Waals surface area contributed by atoms with E-state index in [0.29, 0.717) is 18.3 Å². The third-order valence-corrected chi connectivity index (χ3v) is 2.42. The first-order valence-electron chi connectivity index (χ1n) is 4.25. The smallest absolute Gasteiger partial charge is 0.256 e. The molecule has 1 fully saturated rings. The van der Waals surface area contributed by atoms with Crippen molar-refractivity contribution in [3.8, 4) is 0 Å². The van der Waals surface area contributed by atoms with E-state index < -0.39 is 6.10 Å². The van der Waals surface area contributed by atoms with Gasteiger partial charge in [0.05, 0.1) is 6.61 Å². The number of carbonyl (C=O) groups excluding carboxylic acids is 1. The van der Waals surface area contributed by atoms with E-state index in [4.69, 9.17) is 4.74 Å². The van der Waals surface area contributed by atoms with Gasteiger partial charge < -0.3 is 10.1 Å². The first-order valence-corrected chi connectivity index (χ1v) is 5.13. The normalized spacial score (nSPS) is 20.4. The number of morpholine rings is 1. The maximum atomic E-state index is 11.5. The van der Waals surface area contributed by atoms with Crippen LogP contribution in [-0.2, 0) is 9.53 Å². The zero-order valence-electron chi connectivity index (χ0n) is 7.80. The molecule has 2 rings (SSSR count). The van der Waals surface area contributed by atoms with Gasteiger partial charge in [0, 0.05) is 13.1 Å². The fourth-order valence-electron chi connectivity index (χ4n) is 1.15. The highest BCUT2D eigenvalue weighted by molar-refractivity contribution is 7.13. The highest BCUT2D eigenvalue weighted by atomic mass is 35.5. The summed E-state index contributed by atoms with van der Waals surface area (Å²) in [5.41, 5.74) is 1.57. The van der Waals surface area contributed by atoms with Crippen LogP contribution in [0.4, 0.5) is 5.13 Å². The number of hydrogen-bond acceptors (Lipinski definition) is 6. The van der Waals surface area contributed by atoms with Crippen molar-refractivity contribution in [2.75, 3.05) is 25.0 Å². The summed E-state index contributed by atoms with van der Waals surface area (Å²) >= 11 is 1.29. The Bertz CT molecular complexity index is 302. The fraction of sp³-hybridized carbons (Fsp3) is 0.571. The van der Waals surface area contributed by atoms with Crippen LogP contribution < -0.4 is 10.6 Å². The van der Waals surface area contributed by atoms with Crippen LogP contribution in [0.15, 0.2) is 5.51 Å². The molecule has 1 amide bonds. The molecule has 2 heterocycles. The van der Waals surface area contributed by atoms with E-state index in [1.54, 1.807) is 5.51 Å². The number of rotatable bonds is 2. The number of nitrogens with one attached hydrogen (secondary N) is 2. The van der Waals surface area contributed by atoms with Crippen LogP contribution in [0.1, 0.15) is 0 Å². The number of ether oxygens (including phenoxy) is 1.